The lowest BCUT2D eigenvalue weighted by Gasteiger charge is -2.12. The zero-order chi connectivity index (χ0) is 19.6. The third-order valence-corrected chi connectivity index (χ3v) is 4.99. The standard InChI is InChI=1S/C22H42O4/c1-5-7-9-11-13-15-17-19(3)21(23)25-26-22(24)20(4)18-16-14-12-10-8-6-2/h19-20H,5-18H2,1-4H3. The van der Waals surface area contributed by atoms with Crippen molar-refractivity contribution in [3.05, 3.63) is 0 Å². The molecule has 0 aromatic carbocycles. The largest absolute Gasteiger partial charge is 0.358 e. The molecule has 0 rings (SSSR count). The first-order chi connectivity index (χ1) is 12.5. The molecule has 0 heterocycles. The lowest BCUT2D eigenvalue weighted by Crippen LogP contribution is -2.21. The Balaban J connectivity index is 3.73. The van der Waals surface area contributed by atoms with Gasteiger partial charge in [-0.15, -0.1) is 0 Å². The van der Waals surface area contributed by atoms with Crippen LogP contribution in [0.2, 0.25) is 0 Å². The van der Waals surface area contributed by atoms with Crippen LogP contribution in [0.25, 0.3) is 0 Å². The molecular formula is C22H42O4. The lowest BCUT2D eigenvalue weighted by molar-refractivity contribution is -0.264. The number of hydrogen-bond acceptors (Lipinski definition) is 4. The number of hydrogen-bond donors (Lipinski definition) is 0. The van der Waals surface area contributed by atoms with Crippen molar-refractivity contribution in [1.29, 1.82) is 0 Å². The summed E-state index contributed by atoms with van der Waals surface area (Å²) >= 11 is 0. The van der Waals surface area contributed by atoms with Crippen molar-refractivity contribution in [2.45, 2.75) is 118 Å². The maximum absolute atomic E-state index is 11.9. The van der Waals surface area contributed by atoms with E-state index in [-0.39, 0.29) is 11.8 Å². The second kappa shape index (κ2) is 17.4. The van der Waals surface area contributed by atoms with Crippen LogP contribution in [0, 0.1) is 11.8 Å². The molecule has 0 aromatic rings. The Labute approximate surface area is 161 Å². The highest BCUT2D eigenvalue weighted by Crippen LogP contribution is 2.16. The second-order valence-electron chi connectivity index (χ2n) is 7.72. The second-order valence-corrected chi connectivity index (χ2v) is 7.72. The summed E-state index contributed by atoms with van der Waals surface area (Å²) in [5.41, 5.74) is 0. The highest BCUT2D eigenvalue weighted by Gasteiger charge is 2.20. The highest BCUT2D eigenvalue weighted by atomic mass is 17.2. The van der Waals surface area contributed by atoms with Crippen LogP contribution in [0.15, 0.2) is 0 Å². The van der Waals surface area contributed by atoms with E-state index in [1.165, 1.54) is 51.4 Å². The third kappa shape index (κ3) is 14.1. The maximum atomic E-state index is 11.9. The van der Waals surface area contributed by atoms with Gasteiger partial charge in [0.15, 0.2) is 0 Å². The summed E-state index contributed by atoms with van der Waals surface area (Å²) in [6, 6.07) is 0. The fourth-order valence-electron chi connectivity index (χ4n) is 2.94. The first-order valence-electron chi connectivity index (χ1n) is 10.9. The van der Waals surface area contributed by atoms with Crippen LogP contribution in [0.3, 0.4) is 0 Å². The van der Waals surface area contributed by atoms with Gasteiger partial charge in [-0.05, 0) is 12.8 Å². The number of rotatable bonds is 16. The molecule has 0 saturated carbocycles. The van der Waals surface area contributed by atoms with Crippen molar-refractivity contribution >= 4 is 11.9 Å². The van der Waals surface area contributed by atoms with Gasteiger partial charge in [0.25, 0.3) is 0 Å². The zero-order valence-electron chi connectivity index (χ0n) is 17.7. The molecule has 4 heteroatoms. The van der Waals surface area contributed by atoms with Gasteiger partial charge in [0.1, 0.15) is 0 Å². The van der Waals surface area contributed by atoms with E-state index in [0.29, 0.717) is 0 Å². The van der Waals surface area contributed by atoms with Gasteiger partial charge in [0.2, 0.25) is 0 Å². The van der Waals surface area contributed by atoms with Crippen LogP contribution in [0.4, 0.5) is 0 Å². The van der Waals surface area contributed by atoms with Crippen LogP contribution < -0.4 is 0 Å². The summed E-state index contributed by atoms with van der Waals surface area (Å²) in [4.78, 5) is 33.3. The molecule has 0 aliphatic carbocycles. The predicted molar refractivity (Wildman–Crippen MR) is 106 cm³/mol. The fraction of sp³-hybridized carbons (Fsp3) is 0.909. The molecule has 0 amide bonds. The van der Waals surface area contributed by atoms with Crippen molar-refractivity contribution in [2.24, 2.45) is 11.8 Å². The average Bonchev–Trinajstić information content (AvgIpc) is 2.64. The summed E-state index contributed by atoms with van der Waals surface area (Å²) in [5.74, 6) is -1.30. The van der Waals surface area contributed by atoms with Gasteiger partial charge in [-0.2, -0.15) is 0 Å². The summed E-state index contributed by atoms with van der Waals surface area (Å²) in [6.45, 7) is 8.07. The van der Waals surface area contributed by atoms with Crippen molar-refractivity contribution in [1.82, 2.24) is 0 Å². The molecule has 2 unspecified atom stereocenters. The van der Waals surface area contributed by atoms with Crippen LogP contribution in [-0.2, 0) is 19.4 Å². The smallest absolute Gasteiger partial charge is 0.247 e. The monoisotopic (exact) mass is 370 g/mol. The lowest BCUT2D eigenvalue weighted by atomic mass is 10.0. The van der Waals surface area contributed by atoms with Gasteiger partial charge >= 0.3 is 11.9 Å². The van der Waals surface area contributed by atoms with Crippen LogP contribution >= 0.6 is 0 Å². The van der Waals surface area contributed by atoms with Gasteiger partial charge in [0.05, 0.1) is 11.8 Å². The van der Waals surface area contributed by atoms with Crippen molar-refractivity contribution < 1.29 is 19.4 Å². The Hall–Kier alpha value is -1.06. The molecule has 26 heavy (non-hydrogen) atoms. The molecule has 0 aliphatic rings. The van der Waals surface area contributed by atoms with Gasteiger partial charge in [-0.3, -0.25) is 0 Å². The Morgan fingerprint density at radius 3 is 1.23 bits per heavy atom. The van der Waals surface area contributed by atoms with E-state index < -0.39 is 11.9 Å². The molecule has 2 atom stereocenters. The zero-order valence-corrected chi connectivity index (χ0v) is 17.7. The third-order valence-electron chi connectivity index (χ3n) is 4.99. The van der Waals surface area contributed by atoms with E-state index >= 15 is 0 Å². The SMILES string of the molecule is CCCCCCCCC(C)C(=O)OOC(=O)C(C)CCCCCCCC. The summed E-state index contributed by atoms with van der Waals surface area (Å²) < 4.78 is 0. The van der Waals surface area contributed by atoms with Gasteiger partial charge in [-0.1, -0.05) is 105 Å². The van der Waals surface area contributed by atoms with Gasteiger partial charge < -0.3 is 0 Å². The number of unbranched alkanes of at least 4 members (excludes halogenated alkanes) is 10. The van der Waals surface area contributed by atoms with E-state index in [1.54, 1.807) is 0 Å². The summed E-state index contributed by atoms with van der Waals surface area (Å²) in [7, 11) is 0. The maximum Gasteiger partial charge on any atom is 0.358 e. The molecule has 4 nitrogen and oxygen atoms in total. The van der Waals surface area contributed by atoms with E-state index in [2.05, 4.69) is 13.8 Å². The highest BCUT2D eigenvalue weighted by molar-refractivity contribution is 5.75. The fourth-order valence-corrected chi connectivity index (χ4v) is 2.94. The topological polar surface area (TPSA) is 52.6 Å². The number of carbonyl (C=O) groups is 2. The minimum atomic E-state index is -0.432. The minimum Gasteiger partial charge on any atom is -0.247 e. The van der Waals surface area contributed by atoms with Crippen molar-refractivity contribution in [2.75, 3.05) is 0 Å². The van der Waals surface area contributed by atoms with E-state index in [4.69, 9.17) is 9.78 Å². The van der Waals surface area contributed by atoms with Crippen molar-refractivity contribution in [3.8, 4) is 0 Å². The molecular weight excluding hydrogens is 328 g/mol. The molecule has 0 N–H and O–H groups in total. The first-order valence-corrected chi connectivity index (χ1v) is 10.9. The van der Waals surface area contributed by atoms with Crippen LogP contribution in [0.5, 0.6) is 0 Å². The number of carbonyl (C=O) groups excluding carboxylic acids is 2. The summed E-state index contributed by atoms with van der Waals surface area (Å²) in [6.07, 6.45) is 15.9. The molecule has 0 fully saturated rings. The normalized spacial score (nSPS) is 13.2. The molecule has 0 aliphatic heterocycles. The molecule has 0 spiro atoms. The predicted octanol–water partition coefficient (Wildman–Crippen LogP) is 6.76. The average molecular weight is 371 g/mol. The van der Waals surface area contributed by atoms with Crippen LogP contribution in [-0.4, -0.2) is 11.9 Å². The van der Waals surface area contributed by atoms with E-state index in [0.717, 1.165) is 38.5 Å². The molecule has 0 aromatic heterocycles. The minimum absolute atomic E-state index is 0.220. The summed E-state index contributed by atoms with van der Waals surface area (Å²) in [5, 5.41) is 0. The Morgan fingerprint density at radius 1 is 0.577 bits per heavy atom. The van der Waals surface area contributed by atoms with Gasteiger partial charge in [-0.25, -0.2) is 19.4 Å². The Morgan fingerprint density at radius 2 is 0.885 bits per heavy atom. The van der Waals surface area contributed by atoms with E-state index in [9.17, 15) is 9.59 Å². The Bertz CT molecular complexity index is 320. The molecule has 0 saturated heterocycles. The van der Waals surface area contributed by atoms with Gasteiger partial charge in [0, 0.05) is 0 Å². The Kier molecular flexibility index (Phi) is 16.7. The van der Waals surface area contributed by atoms with Crippen molar-refractivity contribution in [3.63, 3.8) is 0 Å². The van der Waals surface area contributed by atoms with Crippen LogP contribution in [0.1, 0.15) is 118 Å². The first kappa shape index (κ1) is 24.9. The molecule has 0 radical (unpaired) electrons. The quantitative estimate of drug-likeness (QED) is 0.171. The van der Waals surface area contributed by atoms with E-state index in [1.807, 2.05) is 13.8 Å². The molecule has 0 bridgehead atoms. The molecule has 154 valence electrons.